The van der Waals surface area contributed by atoms with Crippen molar-refractivity contribution >= 4 is 11.6 Å². The van der Waals surface area contributed by atoms with Crippen molar-refractivity contribution in [2.24, 2.45) is 0 Å². The molecule has 0 aromatic heterocycles. The van der Waals surface area contributed by atoms with Crippen LogP contribution < -0.4 is 5.32 Å². The van der Waals surface area contributed by atoms with Crippen molar-refractivity contribution in [3.63, 3.8) is 0 Å². The first kappa shape index (κ1) is 12.2. The van der Waals surface area contributed by atoms with E-state index in [2.05, 4.69) is 17.1 Å². The fourth-order valence-electron chi connectivity index (χ4n) is 1.56. The highest BCUT2D eigenvalue weighted by Gasteiger charge is 2.09. The molecule has 1 unspecified atom stereocenters. The van der Waals surface area contributed by atoms with E-state index in [1.54, 1.807) is 0 Å². The SMILES string of the molecule is CC(CCCl)NCCN1CCOCC1. The van der Waals surface area contributed by atoms with Crippen molar-refractivity contribution in [1.82, 2.24) is 10.2 Å². The highest BCUT2D eigenvalue weighted by atomic mass is 35.5. The molecule has 0 aromatic carbocycles. The third-order valence-electron chi connectivity index (χ3n) is 2.57. The maximum atomic E-state index is 5.66. The van der Waals surface area contributed by atoms with Crippen LogP contribution in [-0.2, 0) is 4.74 Å². The molecule has 1 aliphatic rings. The number of morpholine rings is 1. The molecule has 1 N–H and O–H groups in total. The summed E-state index contributed by atoms with van der Waals surface area (Å²) in [4.78, 5) is 2.43. The van der Waals surface area contributed by atoms with Gasteiger partial charge < -0.3 is 10.1 Å². The van der Waals surface area contributed by atoms with Gasteiger partial charge >= 0.3 is 0 Å². The maximum Gasteiger partial charge on any atom is 0.0594 e. The Balaban J connectivity index is 1.96. The van der Waals surface area contributed by atoms with Gasteiger partial charge in [0, 0.05) is 38.1 Å². The Labute approximate surface area is 91.7 Å². The molecule has 1 heterocycles. The van der Waals surface area contributed by atoms with Gasteiger partial charge in [-0.3, -0.25) is 4.90 Å². The van der Waals surface area contributed by atoms with Gasteiger partial charge in [0.05, 0.1) is 13.2 Å². The van der Waals surface area contributed by atoms with Crippen molar-refractivity contribution in [3.8, 4) is 0 Å². The van der Waals surface area contributed by atoms with Gasteiger partial charge in [-0.05, 0) is 13.3 Å². The largest absolute Gasteiger partial charge is 0.379 e. The van der Waals surface area contributed by atoms with Gasteiger partial charge in [-0.25, -0.2) is 0 Å². The quantitative estimate of drug-likeness (QED) is 0.674. The fourth-order valence-corrected chi connectivity index (χ4v) is 1.89. The number of alkyl halides is 1. The Morgan fingerprint density at radius 2 is 2.14 bits per heavy atom. The van der Waals surface area contributed by atoms with E-state index in [0.29, 0.717) is 6.04 Å². The minimum absolute atomic E-state index is 0.536. The van der Waals surface area contributed by atoms with Crippen LogP contribution in [0.1, 0.15) is 13.3 Å². The number of hydrogen-bond acceptors (Lipinski definition) is 3. The normalized spacial score (nSPS) is 21.0. The average molecular weight is 221 g/mol. The molecule has 1 saturated heterocycles. The lowest BCUT2D eigenvalue weighted by Gasteiger charge is -2.27. The summed E-state index contributed by atoms with van der Waals surface area (Å²) in [5, 5.41) is 3.46. The first-order valence-corrected chi connectivity index (χ1v) is 5.96. The van der Waals surface area contributed by atoms with Crippen molar-refractivity contribution in [3.05, 3.63) is 0 Å². The van der Waals surface area contributed by atoms with Crippen LogP contribution in [0.25, 0.3) is 0 Å². The van der Waals surface area contributed by atoms with E-state index in [-0.39, 0.29) is 0 Å². The monoisotopic (exact) mass is 220 g/mol. The topological polar surface area (TPSA) is 24.5 Å². The average Bonchev–Trinajstić information content (AvgIpc) is 2.20. The summed E-state index contributed by atoms with van der Waals surface area (Å²) >= 11 is 5.66. The van der Waals surface area contributed by atoms with Crippen molar-refractivity contribution in [2.75, 3.05) is 45.3 Å². The molecule has 1 atom stereocenters. The molecule has 0 bridgehead atoms. The van der Waals surface area contributed by atoms with Gasteiger partial charge in [0.25, 0.3) is 0 Å². The van der Waals surface area contributed by atoms with E-state index in [1.807, 2.05) is 0 Å². The van der Waals surface area contributed by atoms with Gasteiger partial charge in [0.1, 0.15) is 0 Å². The Hall–Kier alpha value is 0.170. The second-order valence-electron chi connectivity index (χ2n) is 3.79. The molecule has 1 fully saturated rings. The number of nitrogens with zero attached hydrogens (tertiary/aromatic N) is 1. The molecule has 1 aliphatic heterocycles. The lowest BCUT2D eigenvalue weighted by Crippen LogP contribution is -2.41. The van der Waals surface area contributed by atoms with E-state index in [4.69, 9.17) is 16.3 Å². The Kier molecular flexibility index (Phi) is 6.52. The molecule has 1 rings (SSSR count). The van der Waals surface area contributed by atoms with E-state index < -0.39 is 0 Å². The molecule has 4 heteroatoms. The van der Waals surface area contributed by atoms with Gasteiger partial charge in [0.15, 0.2) is 0 Å². The first-order chi connectivity index (χ1) is 6.83. The highest BCUT2D eigenvalue weighted by Crippen LogP contribution is 1.96. The third kappa shape index (κ3) is 5.15. The molecular formula is C10H21ClN2O. The zero-order valence-electron chi connectivity index (χ0n) is 8.97. The first-order valence-electron chi connectivity index (χ1n) is 5.42. The lowest BCUT2D eigenvalue weighted by atomic mass is 10.2. The number of nitrogens with one attached hydrogen (secondary N) is 1. The van der Waals surface area contributed by atoms with E-state index >= 15 is 0 Å². The van der Waals surface area contributed by atoms with Gasteiger partial charge in [-0.1, -0.05) is 0 Å². The Bertz CT molecular complexity index is 140. The summed E-state index contributed by atoms with van der Waals surface area (Å²) in [7, 11) is 0. The Morgan fingerprint density at radius 3 is 2.79 bits per heavy atom. The molecule has 0 radical (unpaired) electrons. The third-order valence-corrected chi connectivity index (χ3v) is 2.78. The van der Waals surface area contributed by atoms with Crippen molar-refractivity contribution < 1.29 is 4.74 Å². The van der Waals surface area contributed by atoms with Gasteiger partial charge in [-0.2, -0.15) is 0 Å². The molecule has 3 nitrogen and oxygen atoms in total. The summed E-state index contributed by atoms with van der Waals surface area (Å²) in [5.74, 6) is 0.742. The molecule has 0 spiro atoms. The zero-order valence-corrected chi connectivity index (χ0v) is 9.72. The molecule has 0 aromatic rings. The van der Waals surface area contributed by atoms with Crippen LogP contribution in [-0.4, -0.2) is 56.2 Å². The zero-order chi connectivity index (χ0) is 10.2. The molecule has 0 amide bonds. The van der Waals surface area contributed by atoms with Crippen LogP contribution in [0.3, 0.4) is 0 Å². The van der Waals surface area contributed by atoms with Crippen LogP contribution in [0.15, 0.2) is 0 Å². The van der Waals surface area contributed by atoms with Crippen LogP contribution in [0.5, 0.6) is 0 Å². The summed E-state index contributed by atoms with van der Waals surface area (Å²) in [5.41, 5.74) is 0. The lowest BCUT2D eigenvalue weighted by molar-refractivity contribution is 0.0382. The minimum atomic E-state index is 0.536. The standard InChI is InChI=1S/C10H21ClN2O/c1-10(2-3-11)12-4-5-13-6-8-14-9-7-13/h10,12H,2-9H2,1H3. The van der Waals surface area contributed by atoms with Crippen LogP contribution in [0.2, 0.25) is 0 Å². The van der Waals surface area contributed by atoms with E-state index in [0.717, 1.165) is 51.7 Å². The number of hydrogen-bond donors (Lipinski definition) is 1. The van der Waals surface area contributed by atoms with Crippen molar-refractivity contribution in [1.29, 1.82) is 0 Å². The van der Waals surface area contributed by atoms with Crippen molar-refractivity contribution in [2.45, 2.75) is 19.4 Å². The predicted molar refractivity (Wildman–Crippen MR) is 60.1 cm³/mol. The summed E-state index contributed by atoms with van der Waals surface area (Å²) in [6.45, 7) is 8.28. The van der Waals surface area contributed by atoms with Crippen LogP contribution in [0.4, 0.5) is 0 Å². The maximum absolute atomic E-state index is 5.66. The number of halogens is 1. The number of ether oxygens (including phenoxy) is 1. The van der Waals surface area contributed by atoms with Gasteiger partial charge in [-0.15, -0.1) is 11.6 Å². The van der Waals surface area contributed by atoms with Crippen LogP contribution >= 0.6 is 11.6 Å². The predicted octanol–water partition coefficient (Wildman–Crippen LogP) is 0.926. The molecule has 0 aliphatic carbocycles. The van der Waals surface area contributed by atoms with Gasteiger partial charge in [0.2, 0.25) is 0 Å². The summed E-state index contributed by atoms with van der Waals surface area (Å²) in [6.07, 6.45) is 1.05. The Morgan fingerprint density at radius 1 is 1.43 bits per heavy atom. The van der Waals surface area contributed by atoms with E-state index in [9.17, 15) is 0 Å². The second kappa shape index (κ2) is 7.46. The number of rotatable bonds is 6. The van der Waals surface area contributed by atoms with Crippen LogP contribution in [0, 0.1) is 0 Å². The molecule has 0 saturated carbocycles. The summed E-state index contributed by atoms with van der Waals surface area (Å²) < 4.78 is 5.29. The second-order valence-corrected chi connectivity index (χ2v) is 4.16. The molecule has 14 heavy (non-hydrogen) atoms. The molecular weight excluding hydrogens is 200 g/mol. The molecule has 84 valence electrons. The van der Waals surface area contributed by atoms with E-state index in [1.165, 1.54) is 0 Å². The fraction of sp³-hybridized carbons (Fsp3) is 1.00. The minimum Gasteiger partial charge on any atom is -0.379 e. The highest BCUT2D eigenvalue weighted by molar-refractivity contribution is 6.17. The smallest absolute Gasteiger partial charge is 0.0594 e. The summed E-state index contributed by atoms with van der Waals surface area (Å²) in [6, 6.07) is 0.536.